The number of hydrogen-bond acceptors (Lipinski definition) is 3. The van der Waals surface area contributed by atoms with E-state index in [-0.39, 0.29) is 11.4 Å². The van der Waals surface area contributed by atoms with Crippen molar-refractivity contribution in [3.05, 3.63) is 90.1 Å². The number of carbonyl (C=O) groups excluding carboxylic acids is 1. The lowest BCUT2D eigenvalue weighted by Crippen LogP contribution is -2.50. The van der Waals surface area contributed by atoms with Gasteiger partial charge in [-0.3, -0.25) is 4.79 Å². The van der Waals surface area contributed by atoms with E-state index in [4.69, 9.17) is 11.2 Å². The third-order valence-electron chi connectivity index (χ3n) is 10.2. The van der Waals surface area contributed by atoms with Crippen molar-refractivity contribution in [2.45, 2.75) is 115 Å². The molecule has 0 bridgehead atoms. The van der Waals surface area contributed by atoms with Crippen LogP contribution in [-0.4, -0.2) is 16.7 Å². The van der Waals surface area contributed by atoms with Crippen LogP contribution < -0.4 is 4.74 Å². The normalized spacial score (nSPS) is 28.6. The molecule has 230 valence electrons. The van der Waals surface area contributed by atoms with Gasteiger partial charge in [-0.25, -0.2) is 0 Å². The summed E-state index contributed by atoms with van der Waals surface area (Å²) >= 11 is 0. The number of aryl methyl sites for hydroxylation is 1. The Balaban J connectivity index is 1.12. The fourth-order valence-corrected chi connectivity index (χ4v) is 7.79. The van der Waals surface area contributed by atoms with Crippen LogP contribution in [-0.2, 0) is 11.2 Å². The lowest BCUT2D eigenvalue weighted by Gasteiger charge is -2.52. The fourth-order valence-electron chi connectivity index (χ4n) is 7.79. The molecule has 1 aromatic carbocycles. The zero-order valence-corrected chi connectivity index (χ0v) is 26.5. The van der Waals surface area contributed by atoms with E-state index in [1.54, 1.807) is 0 Å². The minimum Gasteiger partial charge on any atom is -0.427 e. The molecule has 3 heteroatoms. The second kappa shape index (κ2) is 16.1. The Bertz CT molecular complexity index is 1260. The summed E-state index contributed by atoms with van der Waals surface area (Å²) in [6.45, 7) is 4.38. The first-order chi connectivity index (χ1) is 20.9. The van der Waals surface area contributed by atoms with Crippen LogP contribution in [0.15, 0.2) is 79.0 Å². The maximum absolute atomic E-state index is 12.5. The van der Waals surface area contributed by atoms with Crippen molar-refractivity contribution in [3.8, 4) is 18.1 Å². The van der Waals surface area contributed by atoms with Crippen LogP contribution in [0.25, 0.3) is 0 Å². The molecule has 0 heterocycles. The Morgan fingerprint density at radius 3 is 2.26 bits per heavy atom. The Morgan fingerprint density at radius 2 is 1.60 bits per heavy atom. The van der Waals surface area contributed by atoms with Crippen molar-refractivity contribution in [1.82, 2.24) is 0 Å². The molecular weight excluding hydrogens is 528 g/mol. The summed E-state index contributed by atoms with van der Waals surface area (Å²) in [4.78, 5) is 12.5. The lowest BCUT2D eigenvalue weighted by molar-refractivity contribution is -0.134. The summed E-state index contributed by atoms with van der Waals surface area (Å²) in [5.41, 5.74) is 1.59. The second-order valence-corrected chi connectivity index (χ2v) is 12.8. The van der Waals surface area contributed by atoms with Gasteiger partial charge in [-0.05, 0) is 124 Å². The average Bonchev–Trinajstić information content (AvgIpc) is 3.29. The molecule has 1 N–H and O–H groups in total. The molecule has 0 amide bonds. The number of fused-ring (bicyclic) bond motifs is 5. The van der Waals surface area contributed by atoms with Gasteiger partial charge in [0.15, 0.2) is 0 Å². The molecule has 3 aliphatic rings. The number of allylic oxidation sites excluding steroid dienone is 10. The molecule has 1 aromatic rings. The van der Waals surface area contributed by atoms with Gasteiger partial charge in [0.1, 0.15) is 11.4 Å². The molecule has 2 saturated carbocycles. The van der Waals surface area contributed by atoms with Crippen molar-refractivity contribution < 1.29 is 14.6 Å². The van der Waals surface area contributed by atoms with Gasteiger partial charge in [0.25, 0.3) is 0 Å². The molecule has 43 heavy (non-hydrogen) atoms. The highest BCUT2D eigenvalue weighted by Gasteiger charge is 2.61. The summed E-state index contributed by atoms with van der Waals surface area (Å²) in [5.74, 6) is 4.82. The van der Waals surface area contributed by atoms with E-state index in [2.05, 4.69) is 92.7 Å². The fraction of sp³-hybridized carbons (Fsp3) is 0.525. The smallest absolute Gasteiger partial charge is 0.311 e. The van der Waals surface area contributed by atoms with E-state index in [9.17, 15) is 9.90 Å². The Kier molecular flexibility index (Phi) is 12.3. The summed E-state index contributed by atoms with van der Waals surface area (Å²) < 4.78 is 5.73. The van der Waals surface area contributed by atoms with Crippen LogP contribution in [0.3, 0.4) is 0 Å². The predicted octanol–water partition coefficient (Wildman–Crippen LogP) is 9.73. The van der Waals surface area contributed by atoms with Crippen LogP contribution in [0.1, 0.15) is 114 Å². The van der Waals surface area contributed by atoms with Gasteiger partial charge in [0.05, 0.1) is 0 Å². The zero-order chi connectivity index (χ0) is 30.5. The average molecular weight is 581 g/mol. The van der Waals surface area contributed by atoms with Gasteiger partial charge in [-0.15, -0.1) is 6.42 Å². The first kappa shape index (κ1) is 32.8. The number of benzene rings is 1. The van der Waals surface area contributed by atoms with E-state index in [1.807, 2.05) is 6.07 Å². The summed E-state index contributed by atoms with van der Waals surface area (Å²) in [5, 5.41) is 11.2. The van der Waals surface area contributed by atoms with E-state index >= 15 is 0 Å². The SMILES string of the molecule is C#C[C@]1(O)CC[C@H]2[C@@H]3CCc4cc(OC(=O)CCC/C=C/C/C=C/C/C=C/C/C=C/C/C=C/CC)ccc4[C@H]3CC[C@@]21C. The van der Waals surface area contributed by atoms with Gasteiger partial charge in [-0.1, -0.05) is 86.6 Å². The van der Waals surface area contributed by atoms with E-state index in [0.29, 0.717) is 29.9 Å². The lowest BCUT2D eigenvalue weighted by atomic mass is 9.53. The van der Waals surface area contributed by atoms with Crippen molar-refractivity contribution in [1.29, 1.82) is 0 Å². The molecule has 0 radical (unpaired) electrons. The monoisotopic (exact) mass is 580 g/mol. The minimum absolute atomic E-state index is 0.158. The van der Waals surface area contributed by atoms with E-state index < -0.39 is 5.60 Å². The molecule has 0 spiro atoms. The molecular formula is C40H52O3. The number of esters is 1. The highest BCUT2D eigenvalue weighted by molar-refractivity contribution is 5.72. The first-order valence-electron chi connectivity index (χ1n) is 16.7. The van der Waals surface area contributed by atoms with Crippen LogP contribution >= 0.6 is 0 Å². The van der Waals surface area contributed by atoms with Crippen molar-refractivity contribution >= 4 is 5.97 Å². The maximum Gasteiger partial charge on any atom is 0.311 e. The Morgan fingerprint density at radius 1 is 0.953 bits per heavy atom. The predicted molar refractivity (Wildman–Crippen MR) is 179 cm³/mol. The molecule has 2 fully saturated rings. The van der Waals surface area contributed by atoms with Crippen molar-refractivity contribution in [2.24, 2.45) is 17.3 Å². The molecule has 5 atom stereocenters. The highest BCUT2D eigenvalue weighted by atomic mass is 16.5. The topological polar surface area (TPSA) is 46.5 Å². The van der Waals surface area contributed by atoms with Crippen LogP contribution in [0.4, 0.5) is 0 Å². The molecule has 3 nitrogen and oxygen atoms in total. The first-order valence-corrected chi connectivity index (χ1v) is 16.7. The molecule has 3 aliphatic carbocycles. The van der Waals surface area contributed by atoms with Crippen molar-refractivity contribution in [2.75, 3.05) is 0 Å². The van der Waals surface area contributed by atoms with Gasteiger partial charge < -0.3 is 9.84 Å². The maximum atomic E-state index is 12.5. The standard InChI is InChI=1S/C40H52O3/c1-4-6-7-8-9-10-11-12-13-14-15-16-17-18-19-20-21-22-38(41)43-33-24-26-34-32(31-33)23-25-36-35(34)27-29-39(3)37(36)28-30-40(39,42)5-2/h2,6-7,9-10,12-13,15-16,18-19,24,26,31,35-37,42H,4,8,11,14,17,20-23,25,27-30H2,1,3H3/b7-6+,10-9+,13-12+,16-15+,19-18+/t35-,36-,37+,39+,40+/m1/s1. The third kappa shape index (κ3) is 8.30. The van der Waals surface area contributed by atoms with E-state index in [0.717, 1.165) is 83.5 Å². The van der Waals surface area contributed by atoms with Gasteiger partial charge in [0.2, 0.25) is 0 Å². The number of ether oxygens (including phenoxy) is 1. The molecule has 0 saturated heterocycles. The Labute approximate surface area is 260 Å². The summed E-state index contributed by atoms with van der Waals surface area (Å²) in [7, 11) is 0. The quantitative estimate of drug-likeness (QED) is 0.0783. The summed E-state index contributed by atoms with van der Waals surface area (Å²) in [6, 6.07) is 6.26. The number of unbranched alkanes of at least 4 members (excludes halogenated alkanes) is 1. The van der Waals surface area contributed by atoms with Crippen LogP contribution in [0.2, 0.25) is 0 Å². The largest absolute Gasteiger partial charge is 0.427 e. The van der Waals surface area contributed by atoms with Gasteiger partial charge >= 0.3 is 5.97 Å². The number of carbonyl (C=O) groups is 1. The highest BCUT2D eigenvalue weighted by Crippen LogP contribution is 2.64. The third-order valence-corrected chi connectivity index (χ3v) is 10.2. The van der Waals surface area contributed by atoms with Gasteiger partial charge in [-0.2, -0.15) is 0 Å². The number of rotatable bonds is 14. The Hall–Kier alpha value is -3.09. The van der Waals surface area contributed by atoms with Crippen molar-refractivity contribution in [3.63, 3.8) is 0 Å². The molecule has 0 aliphatic heterocycles. The number of hydrogen-bond donors (Lipinski definition) is 1. The van der Waals surface area contributed by atoms with Crippen LogP contribution in [0.5, 0.6) is 5.75 Å². The van der Waals surface area contributed by atoms with E-state index in [1.165, 1.54) is 11.1 Å². The molecule has 4 rings (SSSR count). The zero-order valence-electron chi connectivity index (χ0n) is 26.5. The van der Waals surface area contributed by atoms with Gasteiger partial charge in [0, 0.05) is 11.8 Å². The molecule has 0 aromatic heterocycles. The molecule has 0 unspecified atom stereocenters. The summed E-state index contributed by atoms with van der Waals surface area (Å²) in [6.07, 6.45) is 40.7. The minimum atomic E-state index is -0.964. The number of terminal acetylenes is 1. The number of aliphatic hydroxyl groups is 1. The van der Waals surface area contributed by atoms with Crippen LogP contribution in [0, 0.1) is 29.6 Å². The second-order valence-electron chi connectivity index (χ2n) is 12.8.